The van der Waals surface area contributed by atoms with Gasteiger partial charge < -0.3 is 9.84 Å². The van der Waals surface area contributed by atoms with E-state index in [4.69, 9.17) is 4.74 Å². The van der Waals surface area contributed by atoms with Gasteiger partial charge in [-0.3, -0.25) is 0 Å². The molecule has 1 N–H and O–H groups in total. The number of ether oxygens (including phenoxy) is 1. The summed E-state index contributed by atoms with van der Waals surface area (Å²) in [5.41, 5.74) is 1.11. The van der Waals surface area contributed by atoms with Crippen molar-refractivity contribution in [3.8, 4) is 0 Å². The maximum atomic E-state index is 9.81. The molecular weight excluding hydrogens is 210 g/mol. The minimum Gasteiger partial charge on any atom is -0.388 e. The summed E-state index contributed by atoms with van der Waals surface area (Å²) < 4.78 is 5.22. The molecule has 4 heteroatoms. The van der Waals surface area contributed by atoms with Gasteiger partial charge in [-0.05, 0) is 26.2 Å². The quantitative estimate of drug-likeness (QED) is 0.859. The summed E-state index contributed by atoms with van der Waals surface area (Å²) in [5, 5.41) is 10.9. The number of aryl methyl sites for hydroxylation is 1. The van der Waals surface area contributed by atoms with Crippen LogP contribution in [0.1, 0.15) is 41.4 Å². The van der Waals surface area contributed by atoms with E-state index >= 15 is 0 Å². The lowest BCUT2D eigenvalue weighted by molar-refractivity contribution is 0.118. The van der Waals surface area contributed by atoms with Gasteiger partial charge in [0.2, 0.25) is 0 Å². The molecule has 2 rings (SSSR count). The predicted octanol–water partition coefficient (Wildman–Crippen LogP) is 2.09. The van der Waals surface area contributed by atoms with Crippen LogP contribution < -0.4 is 0 Å². The Labute approximate surface area is 94.1 Å². The molecule has 15 heavy (non-hydrogen) atoms. The average molecular weight is 227 g/mol. The summed E-state index contributed by atoms with van der Waals surface area (Å²) in [6, 6.07) is 0. The van der Waals surface area contributed by atoms with Crippen LogP contribution in [0, 0.1) is 0 Å². The number of nitrogens with zero attached hydrogens (tertiary/aromatic N) is 1. The van der Waals surface area contributed by atoms with Gasteiger partial charge in [-0.15, -0.1) is 11.3 Å². The highest BCUT2D eigenvalue weighted by Gasteiger charge is 2.22. The molecule has 0 aromatic carbocycles. The van der Waals surface area contributed by atoms with Crippen LogP contribution in [0.2, 0.25) is 0 Å². The molecule has 2 unspecified atom stereocenters. The van der Waals surface area contributed by atoms with Crippen molar-refractivity contribution in [3.05, 3.63) is 15.6 Å². The van der Waals surface area contributed by atoms with Crippen molar-refractivity contribution in [1.29, 1.82) is 0 Å². The number of aliphatic hydroxyl groups is 1. The summed E-state index contributed by atoms with van der Waals surface area (Å²) in [4.78, 5) is 5.65. The molecule has 0 amide bonds. The molecule has 1 aromatic rings. The molecule has 0 spiro atoms. The number of aromatic nitrogens is 1. The van der Waals surface area contributed by atoms with E-state index in [-0.39, 0.29) is 12.2 Å². The van der Waals surface area contributed by atoms with Gasteiger partial charge in [-0.2, -0.15) is 0 Å². The van der Waals surface area contributed by atoms with E-state index in [1.807, 2.05) is 6.92 Å². The Hall–Kier alpha value is -0.450. The molecule has 2 atom stereocenters. The van der Waals surface area contributed by atoms with Gasteiger partial charge in [0.15, 0.2) is 0 Å². The highest BCUT2D eigenvalue weighted by molar-refractivity contribution is 7.11. The van der Waals surface area contributed by atoms with Gasteiger partial charge >= 0.3 is 0 Å². The molecule has 1 aliphatic carbocycles. The maximum Gasteiger partial charge on any atom is 0.0957 e. The van der Waals surface area contributed by atoms with E-state index in [9.17, 15) is 5.11 Å². The molecule has 0 radical (unpaired) electrons. The Morgan fingerprint density at radius 2 is 2.47 bits per heavy atom. The Kier molecular flexibility index (Phi) is 3.38. The zero-order valence-electron chi connectivity index (χ0n) is 9.19. The first kappa shape index (κ1) is 11.0. The first-order valence-electron chi connectivity index (χ1n) is 5.40. The molecule has 1 aliphatic rings. The van der Waals surface area contributed by atoms with Gasteiger partial charge in [-0.25, -0.2) is 4.98 Å². The molecule has 0 aliphatic heterocycles. The van der Waals surface area contributed by atoms with E-state index < -0.39 is 0 Å². The average Bonchev–Trinajstić information content (AvgIpc) is 2.62. The van der Waals surface area contributed by atoms with Crippen molar-refractivity contribution in [2.24, 2.45) is 0 Å². The van der Waals surface area contributed by atoms with Crippen molar-refractivity contribution in [2.45, 2.75) is 44.8 Å². The Balaban J connectivity index is 2.14. The van der Waals surface area contributed by atoms with Crippen LogP contribution in [-0.2, 0) is 17.6 Å². The number of aliphatic hydroxyl groups excluding tert-OH is 1. The van der Waals surface area contributed by atoms with E-state index in [0.717, 1.165) is 41.3 Å². The van der Waals surface area contributed by atoms with Gasteiger partial charge in [0.1, 0.15) is 0 Å². The summed E-state index contributed by atoms with van der Waals surface area (Å²) in [6.07, 6.45) is 3.73. The number of fused-ring (bicyclic) bond motifs is 1. The minimum atomic E-state index is -0.280. The smallest absolute Gasteiger partial charge is 0.0957 e. The molecule has 0 saturated carbocycles. The van der Waals surface area contributed by atoms with Crippen molar-refractivity contribution >= 4 is 11.3 Å². The van der Waals surface area contributed by atoms with E-state index in [1.54, 1.807) is 18.4 Å². The van der Waals surface area contributed by atoms with Crippen molar-refractivity contribution in [2.75, 3.05) is 7.11 Å². The normalized spacial score (nSPS) is 22.5. The lowest BCUT2D eigenvalue weighted by atomic mass is 10.0. The zero-order chi connectivity index (χ0) is 10.8. The lowest BCUT2D eigenvalue weighted by Crippen LogP contribution is -2.08. The Morgan fingerprint density at radius 3 is 3.13 bits per heavy atom. The summed E-state index contributed by atoms with van der Waals surface area (Å²) in [5.74, 6) is 0. The highest BCUT2D eigenvalue weighted by atomic mass is 32.1. The third kappa shape index (κ3) is 2.38. The fourth-order valence-electron chi connectivity index (χ4n) is 1.86. The number of hydrogen-bond donors (Lipinski definition) is 1. The Bertz CT molecular complexity index is 337. The molecule has 0 fully saturated rings. The van der Waals surface area contributed by atoms with Crippen LogP contribution in [0.15, 0.2) is 0 Å². The molecule has 84 valence electrons. The molecule has 1 aromatic heterocycles. The van der Waals surface area contributed by atoms with Crippen molar-refractivity contribution in [3.63, 3.8) is 0 Å². The SMILES string of the molecule is COC(C)Cc1nc2c(s1)C(O)CCC2. The molecule has 0 saturated heterocycles. The van der Waals surface area contributed by atoms with Crippen LogP contribution in [0.3, 0.4) is 0 Å². The summed E-state index contributed by atoms with van der Waals surface area (Å²) >= 11 is 1.65. The van der Waals surface area contributed by atoms with E-state index in [1.165, 1.54) is 0 Å². The van der Waals surface area contributed by atoms with Crippen LogP contribution >= 0.6 is 11.3 Å². The third-order valence-corrected chi connectivity index (χ3v) is 4.05. The molecule has 1 heterocycles. The zero-order valence-corrected chi connectivity index (χ0v) is 10.0. The first-order chi connectivity index (χ1) is 7.20. The summed E-state index contributed by atoms with van der Waals surface area (Å²) in [7, 11) is 1.72. The maximum absolute atomic E-state index is 9.81. The number of hydrogen-bond acceptors (Lipinski definition) is 4. The number of thiazole rings is 1. The topological polar surface area (TPSA) is 42.4 Å². The van der Waals surface area contributed by atoms with Gasteiger partial charge in [0.25, 0.3) is 0 Å². The molecule has 3 nitrogen and oxygen atoms in total. The minimum absolute atomic E-state index is 0.203. The van der Waals surface area contributed by atoms with Crippen LogP contribution in [0.5, 0.6) is 0 Å². The van der Waals surface area contributed by atoms with Crippen molar-refractivity contribution < 1.29 is 9.84 Å². The number of rotatable bonds is 3. The van der Waals surface area contributed by atoms with Gasteiger partial charge in [-0.1, -0.05) is 0 Å². The van der Waals surface area contributed by atoms with Gasteiger partial charge in [0.05, 0.1) is 27.8 Å². The molecule has 0 bridgehead atoms. The fourth-order valence-corrected chi connectivity index (χ4v) is 3.11. The van der Waals surface area contributed by atoms with Crippen molar-refractivity contribution in [1.82, 2.24) is 4.98 Å². The predicted molar refractivity (Wildman–Crippen MR) is 60.2 cm³/mol. The highest BCUT2D eigenvalue weighted by Crippen LogP contribution is 2.34. The van der Waals surface area contributed by atoms with Crippen LogP contribution in [0.4, 0.5) is 0 Å². The monoisotopic (exact) mass is 227 g/mol. The molecular formula is C11H17NO2S. The second-order valence-electron chi connectivity index (χ2n) is 4.08. The standard InChI is InChI=1S/C11H17NO2S/c1-7(14-2)6-10-12-8-4-3-5-9(13)11(8)15-10/h7,9,13H,3-6H2,1-2H3. The second kappa shape index (κ2) is 4.60. The van der Waals surface area contributed by atoms with Gasteiger partial charge in [0, 0.05) is 13.5 Å². The largest absolute Gasteiger partial charge is 0.388 e. The van der Waals surface area contributed by atoms with E-state index in [2.05, 4.69) is 4.98 Å². The fraction of sp³-hybridized carbons (Fsp3) is 0.727. The number of methoxy groups -OCH3 is 1. The van der Waals surface area contributed by atoms with E-state index in [0.29, 0.717) is 0 Å². The van der Waals surface area contributed by atoms with Crippen LogP contribution in [0.25, 0.3) is 0 Å². The summed E-state index contributed by atoms with van der Waals surface area (Å²) in [6.45, 7) is 2.04. The third-order valence-electron chi connectivity index (χ3n) is 2.83. The Morgan fingerprint density at radius 1 is 1.67 bits per heavy atom. The van der Waals surface area contributed by atoms with Crippen LogP contribution in [-0.4, -0.2) is 23.3 Å². The lowest BCUT2D eigenvalue weighted by Gasteiger charge is -2.14. The first-order valence-corrected chi connectivity index (χ1v) is 6.21. The second-order valence-corrected chi connectivity index (χ2v) is 5.19.